The fraction of sp³-hybridized carbons (Fsp3) is 0.524. The third kappa shape index (κ3) is 4.16. The van der Waals surface area contributed by atoms with E-state index in [-0.39, 0.29) is 19.3 Å². The molecule has 3 N–H and O–H groups in total. The van der Waals surface area contributed by atoms with Crippen LogP contribution in [-0.2, 0) is 9.53 Å². The van der Waals surface area contributed by atoms with Crippen LogP contribution in [0, 0.1) is 11.8 Å². The van der Waals surface area contributed by atoms with Crippen molar-refractivity contribution in [3.05, 3.63) is 29.9 Å². The molecule has 2 aromatic rings. The lowest BCUT2D eigenvalue weighted by atomic mass is 10.2. The molecule has 0 spiro atoms. The van der Waals surface area contributed by atoms with Gasteiger partial charge in [-0.25, -0.2) is 4.98 Å². The summed E-state index contributed by atoms with van der Waals surface area (Å²) in [4.78, 5) is 25.9. The highest BCUT2D eigenvalue weighted by molar-refractivity contribution is 6.05. The molecular weight excluding hydrogens is 384 g/mol. The number of allylic oxidation sites excluding steroid dienone is 1. The van der Waals surface area contributed by atoms with Gasteiger partial charge in [-0.15, -0.1) is 0 Å². The molecular formula is C21H30N6O3. The van der Waals surface area contributed by atoms with E-state index >= 15 is 0 Å². The zero-order valence-corrected chi connectivity index (χ0v) is 17.7. The molecule has 0 radical (unpaired) electrons. The van der Waals surface area contributed by atoms with Gasteiger partial charge >= 0.3 is 0 Å². The predicted molar refractivity (Wildman–Crippen MR) is 116 cm³/mol. The molecule has 2 aliphatic rings. The molecule has 1 saturated carbocycles. The summed E-state index contributed by atoms with van der Waals surface area (Å²) in [6.07, 6.45) is 6.63. The van der Waals surface area contributed by atoms with Gasteiger partial charge in [0.25, 0.3) is 5.91 Å². The van der Waals surface area contributed by atoms with Crippen molar-refractivity contribution in [3.63, 3.8) is 0 Å². The molecule has 2 atom stereocenters. The van der Waals surface area contributed by atoms with Gasteiger partial charge in [0.1, 0.15) is 5.69 Å². The molecule has 1 aliphatic carbocycles. The lowest BCUT2D eigenvalue weighted by Gasteiger charge is -2.14. The van der Waals surface area contributed by atoms with Crippen LogP contribution in [0.2, 0.25) is 0 Å². The summed E-state index contributed by atoms with van der Waals surface area (Å²) in [6.45, 7) is 9.28. The third-order valence-corrected chi connectivity index (χ3v) is 5.22. The first kappa shape index (κ1) is 20.3. The summed E-state index contributed by atoms with van der Waals surface area (Å²) in [7, 11) is 0. The molecule has 2 fully saturated rings. The Labute approximate surface area is 176 Å². The highest BCUT2D eigenvalue weighted by Gasteiger charge is 2.55. The Bertz CT molecular complexity index is 1010. The first-order chi connectivity index (χ1) is 14.3. The zero-order chi connectivity index (χ0) is 21.4. The van der Waals surface area contributed by atoms with Gasteiger partial charge in [-0.2, -0.15) is 4.98 Å². The number of nitrogens with two attached hydrogens (primary N) is 1. The lowest BCUT2D eigenvalue weighted by molar-refractivity contribution is -0.112. The van der Waals surface area contributed by atoms with Crippen molar-refractivity contribution in [3.8, 4) is 5.88 Å². The number of fused-ring (bicyclic) bond motifs is 2. The van der Waals surface area contributed by atoms with Gasteiger partial charge in [-0.1, -0.05) is 0 Å². The van der Waals surface area contributed by atoms with E-state index < -0.39 is 5.91 Å². The topological polar surface area (TPSA) is 116 Å². The quantitative estimate of drug-likeness (QED) is 0.531. The molecule has 2 unspecified atom stereocenters. The van der Waals surface area contributed by atoms with Crippen molar-refractivity contribution in [1.29, 1.82) is 0 Å². The number of carbonyl (C=O) groups excluding carboxylic acids is 1. The second-order valence-corrected chi connectivity index (χ2v) is 8.36. The number of hydrogen-bond donors (Lipinski definition) is 2. The maximum absolute atomic E-state index is 12.5. The van der Waals surface area contributed by atoms with Crippen LogP contribution in [0.3, 0.4) is 0 Å². The molecule has 2 aromatic heterocycles. The van der Waals surface area contributed by atoms with Crippen LogP contribution in [0.5, 0.6) is 5.88 Å². The maximum Gasteiger partial charge on any atom is 0.271 e. The van der Waals surface area contributed by atoms with Crippen molar-refractivity contribution in [1.82, 2.24) is 14.4 Å². The normalized spacial score (nSPS) is 23.5. The molecule has 0 bridgehead atoms. The smallest absolute Gasteiger partial charge is 0.271 e. The average molecular weight is 415 g/mol. The van der Waals surface area contributed by atoms with Gasteiger partial charge in [0.05, 0.1) is 30.7 Å². The van der Waals surface area contributed by atoms with E-state index in [1.807, 2.05) is 38.3 Å². The fourth-order valence-electron chi connectivity index (χ4n) is 3.73. The van der Waals surface area contributed by atoms with Gasteiger partial charge in [-0.05, 0) is 45.6 Å². The standard InChI is InChI=1S/C21H28N6O3.H2/c1-11(2)23-6-5-15(22)19(28)24-17-8-27-7-16(18-13-9-29-10-14(13)18)25-21(27)26-20(17)30-12(3)4;/h5-8,11-14,18H,9-10,22H2,1-4H3,(H,24,28);1H/b15-5-,23-6?;. The summed E-state index contributed by atoms with van der Waals surface area (Å²) < 4.78 is 13.1. The Kier molecular flexibility index (Phi) is 5.46. The minimum Gasteiger partial charge on any atom is -0.473 e. The largest absolute Gasteiger partial charge is 0.473 e. The van der Waals surface area contributed by atoms with E-state index in [0.717, 1.165) is 18.9 Å². The van der Waals surface area contributed by atoms with Crippen molar-refractivity contribution in [2.75, 3.05) is 18.5 Å². The number of hydrogen-bond acceptors (Lipinski definition) is 7. The first-order valence-corrected chi connectivity index (χ1v) is 10.3. The lowest BCUT2D eigenvalue weighted by Crippen LogP contribution is -2.22. The minimum atomic E-state index is -0.450. The summed E-state index contributed by atoms with van der Waals surface area (Å²) in [5.74, 6) is 1.93. The van der Waals surface area contributed by atoms with Crippen molar-refractivity contribution in [2.45, 2.75) is 45.8 Å². The van der Waals surface area contributed by atoms with Crippen LogP contribution in [0.25, 0.3) is 5.78 Å². The number of nitrogens with one attached hydrogen (secondary N) is 1. The molecule has 4 rings (SSSR count). The predicted octanol–water partition coefficient (Wildman–Crippen LogP) is 2.38. The Morgan fingerprint density at radius 3 is 2.73 bits per heavy atom. The highest BCUT2D eigenvalue weighted by atomic mass is 16.5. The van der Waals surface area contributed by atoms with Gasteiger partial charge in [-0.3, -0.25) is 14.2 Å². The fourth-order valence-corrected chi connectivity index (χ4v) is 3.73. The molecule has 30 heavy (non-hydrogen) atoms. The first-order valence-electron chi connectivity index (χ1n) is 10.3. The summed E-state index contributed by atoms with van der Waals surface area (Å²) in [5.41, 5.74) is 7.37. The number of rotatable bonds is 7. The van der Waals surface area contributed by atoms with Crippen LogP contribution < -0.4 is 15.8 Å². The maximum atomic E-state index is 12.5. The Morgan fingerprint density at radius 2 is 2.07 bits per heavy atom. The van der Waals surface area contributed by atoms with Crippen molar-refractivity contribution < 1.29 is 15.7 Å². The number of aromatic nitrogens is 3. The molecule has 1 saturated heterocycles. The van der Waals surface area contributed by atoms with Crippen LogP contribution in [0.4, 0.5) is 5.69 Å². The Hall–Kier alpha value is -2.94. The number of imidazole rings is 1. The number of amides is 1. The van der Waals surface area contributed by atoms with Crippen LogP contribution in [-0.4, -0.2) is 51.9 Å². The van der Waals surface area contributed by atoms with Gasteiger partial charge in [0.15, 0.2) is 0 Å². The van der Waals surface area contributed by atoms with Crippen LogP contribution in [0.1, 0.15) is 40.7 Å². The number of nitrogens with zero attached hydrogens (tertiary/aromatic N) is 4. The summed E-state index contributed by atoms with van der Waals surface area (Å²) in [6, 6.07) is 0.128. The number of anilines is 1. The van der Waals surface area contributed by atoms with Gasteiger partial charge in [0.2, 0.25) is 11.7 Å². The van der Waals surface area contributed by atoms with E-state index in [0.29, 0.717) is 35.1 Å². The minimum absolute atomic E-state index is 0. The number of carbonyl (C=O) groups is 1. The third-order valence-electron chi connectivity index (χ3n) is 5.22. The van der Waals surface area contributed by atoms with E-state index in [4.69, 9.17) is 15.2 Å². The monoisotopic (exact) mass is 414 g/mol. The average Bonchev–Trinajstić information content (AvgIpc) is 3.01. The molecule has 0 aromatic carbocycles. The number of ether oxygens (including phenoxy) is 2. The van der Waals surface area contributed by atoms with E-state index in [2.05, 4.69) is 20.3 Å². The van der Waals surface area contributed by atoms with E-state index in [1.165, 1.54) is 12.3 Å². The highest BCUT2D eigenvalue weighted by Crippen LogP contribution is 2.57. The molecule has 1 amide bonds. The van der Waals surface area contributed by atoms with Crippen LogP contribution in [0.15, 0.2) is 29.2 Å². The van der Waals surface area contributed by atoms with Crippen molar-refractivity contribution >= 4 is 23.6 Å². The van der Waals surface area contributed by atoms with Crippen LogP contribution >= 0.6 is 0 Å². The molecule has 1 aliphatic heterocycles. The van der Waals surface area contributed by atoms with Crippen molar-refractivity contribution in [2.24, 2.45) is 22.6 Å². The van der Waals surface area contributed by atoms with Gasteiger partial charge < -0.3 is 20.5 Å². The molecule has 9 nitrogen and oxygen atoms in total. The van der Waals surface area contributed by atoms with E-state index in [9.17, 15) is 4.79 Å². The Morgan fingerprint density at radius 1 is 1.33 bits per heavy atom. The number of aliphatic imine (C=N–C) groups is 1. The molecule has 3 heterocycles. The molecule has 162 valence electrons. The zero-order valence-electron chi connectivity index (χ0n) is 17.7. The molecule has 9 heteroatoms. The second kappa shape index (κ2) is 8.06. The van der Waals surface area contributed by atoms with E-state index in [1.54, 1.807) is 6.20 Å². The summed E-state index contributed by atoms with van der Waals surface area (Å²) >= 11 is 0. The second-order valence-electron chi connectivity index (χ2n) is 8.36. The SMILES string of the molecule is CC(C)N=C/C=C(\N)C(=O)Nc1cn2cc(C3C4COCC43)nc2nc1OC(C)C.[HH]. The van der Waals surface area contributed by atoms with Gasteiger partial charge in [0, 0.05) is 32.0 Å². The summed E-state index contributed by atoms with van der Waals surface area (Å²) in [5, 5.41) is 2.79. The Balaban J connectivity index is 0.00000272.